The van der Waals surface area contributed by atoms with Gasteiger partial charge in [-0.1, -0.05) is 0 Å². The molecule has 0 aliphatic heterocycles. The van der Waals surface area contributed by atoms with Crippen molar-refractivity contribution in [2.24, 2.45) is 11.8 Å². The Morgan fingerprint density at radius 1 is 1.04 bits per heavy atom. The average molecular weight is 358 g/mol. The maximum absolute atomic E-state index is 11.6. The lowest BCUT2D eigenvalue weighted by Gasteiger charge is -2.29. The van der Waals surface area contributed by atoms with Crippen LogP contribution in [0.3, 0.4) is 0 Å². The summed E-state index contributed by atoms with van der Waals surface area (Å²) in [4.78, 5) is 33.4. The van der Waals surface area contributed by atoms with E-state index in [1.54, 1.807) is 0 Å². The Labute approximate surface area is 148 Å². The quantitative estimate of drug-likeness (QED) is 0.521. The van der Waals surface area contributed by atoms with E-state index < -0.39 is 36.1 Å². The summed E-state index contributed by atoms with van der Waals surface area (Å²) in [7, 11) is 0. The number of ether oxygens (including phenoxy) is 1. The van der Waals surface area contributed by atoms with Gasteiger partial charge in [0.05, 0.1) is 6.42 Å². The maximum atomic E-state index is 11.6. The van der Waals surface area contributed by atoms with Gasteiger partial charge < -0.3 is 25.6 Å². The molecule has 1 rings (SSSR count). The highest BCUT2D eigenvalue weighted by molar-refractivity contribution is 5.80. The zero-order chi connectivity index (χ0) is 19.0. The van der Waals surface area contributed by atoms with Crippen LogP contribution in [0.15, 0.2) is 0 Å². The van der Waals surface area contributed by atoms with Gasteiger partial charge in [0.15, 0.2) is 0 Å². The molecule has 0 saturated heterocycles. The van der Waals surface area contributed by atoms with Gasteiger partial charge in [0.1, 0.15) is 11.6 Å². The molecule has 0 spiro atoms. The summed E-state index contributed by atoms with van der Waals surface area (Å²) in [5, 5.41) is 23.4. The van der Waals surface area contributed by atoms with Crippen LogP contribution in [0, 0.1) is 11.8 Å². The van der Waals surface area contributed by atoms with Crippen molar-refractivity contribution in [2.45, 2.75) is 64.5 Å². The minimum atomic E-state index is -1.14. The number of amides is 1. The lowest BCUT2D eigenvalue weighted by Crippen LogP contribution is -2.42. The molecular weight excluding hydrogens is 328 g/mol. The van der Waals surface area contributed by atoms with Crippen molar-refractivity contribution in [1.82, 2.24) is 10.6 Å². The predicted molar refractivity (Wildman–Crippen MR) is 91.4 cm³/mol. The van der Waals surface area contributed by atoms with E-state index in [1.807, 2.05) is 20.8 Å². The third-order valence-electron chi connectivity index (χ3n) is 4.23. The van der Waals surface area contributed by atoms with Crippen LogP contribution in [0.4, 0.5) is 4.79 Å². The van der Waals surface area contributed by atoms with Crippen molar-refractivity contribution in [2.75, 3.05) is 13.1 Å². The van der Waals surface area contributed by atoms with Crippen LogP contribution in [0.1, 0.15) is 52.9 Å². The minimum absolute atomic E-state index is 0.327. The third kappa shape index (κ3) is 9.28. The largest absolute Gasteiger partial charge is 0.481 e. The second-order valence-electron chi connectivity index (χ2n) is 7.67. The van der Waals surface area contributed by atoms with E-state index in [2.05, 4.69) is 10.6 Å². The van der Waals surface area contributed by atoms with Crippen LogP contribution in [0.5, 0.6) is 0 Å². The number of carboxylic acids is 2. The Bertz CT molecular complexity index is 466. The number of carbonyl (C=O) groups is 3. The molecule has 1 aliphatic rings. The molecule has 0 aromatic heterocycles. The highest BCUT2D eigenvalue weighted by atomic mass is 16.6. The van der Waals surface area contributed by atoms with E-state index in [-0.39, 0.29) is 0 Å². The molecule has 0 heterocycles. The molecular formula is C17H30N2O6. The summed E-state index contributed by atoms with van der Waals surface area (Å²) in [6.07, 6.45) is 2.90. The number of alkyl carbamates (subject to hydrolysis) is 1. The molecule has 1 atom stereocenters. The number of nitrogens with one attached hydrogen (secondary N) is 2. The van der Waals surface area contributed by atoms with Crippen LogP contribution in [0.2, 0.25) is 0 Å². The molecule has 4 N–H and O–H groups in total. The van der Waals surface area contributed by atoms with Crippen molar-refractivity contribution in [3.05, 3.63) is 0 Å². The van der Waals surface area contributed by atoms with E-state index in [0.717, 1.165) is 25.7 Å². The van der Waals surface area contributed by atoms with Gasteiger partial charge in [-0.25, -0.2) is 4.79 Å². The molecule has 0 radical (unpaired) electrons. The van der Waals surface area contributed by atoms with Gasteiger partial charge in [-0.15, -0.1) is 0 Å². The number of aliphatic carboxylic acids is 2. The summed E-state index contributed by atoms with van der Waals surface area (Å²) in [5.41, 5.74) is -0.510. The van der Waals surface area contributed by atoms with Crippen LogP contribution in [0.25, 0.3) is 0 Å². The fourth-order valence-electron chi connectivity index (χ4n) is 2.91. The molecule has 1 fully saturated rings. The molecule has 1 unspecified atom stereocenters. The van der Waals surface area contributed by atoms with Crippen molar-refractivity contribution < 1.29 is 29.3 Å². The van der Waals surface area contributed by atoms with Gasteiger partial charge in [0.2, 0.25) is 0 Å². The van der Waals surface area contributed by atoms with Crippen molar-refractivity contribution in [3.63, 3.8) is 0 Å². The Hall–Kier alpha value is -1.83. The molecule has 8 nitrogen and oxygen atoms in total. The van der Waals surface area contributed by atoms with E-state index in [0.29, 0.717) is 24.9 Å². The van der Waals surface area contributed by atoms with E-state index in [4.69, 9.17) is 14.9 Å². The van der Waals surface area contributed by atoms with E-state index in [1.165, 1.54) is 0 Å². The smallest absolute Gasteiger partial charge is 0.407 e. The molecule has 144 valence electrons. The Kier molecular flexibility index (Phi) is 8.15. The number of carboxylic acid groups (broad SMARTS) is 2. The highest BCUT2D eigenvalue weighted by Gasteiger charge is 2.25. The molecule has 0 bridgehead atoms. The van der Waals surface area contributed by atoms with E-state index in [9.17, 15) is 14.4 Å². The predicted octanol–water partition coefficient (Wildman–Crippen LogP) is 1.84. The summed E-state index contributed by atoms with van der Waals surface area (Å²) in [6.45, 7) is 6.53. The number of hydrogen-bond acceptors (Lipinski definition) is 5. The normalized spacial score (nSPS) is 22.0. The zero-order valence-corrected chi connectivity index (χ0v) is 15.2. The molecule has 0 aromatic carbocycles. The van der Waals surface area contributed by atoms with E-state index >= 15 is 0 Å². The standard InChI is InChI=1S/C17H30N2O6/c1-17(2,3)25-16(24)19-10-12-6-4-11(5-7-12)9-18-13(15(22)23)8-14(20)21/h11-13,18H,4-10H2,1-3H3,(H,19,24)(H,20,21)(H,22,23). The van der Waals surface area contributed by atoms with Crippen LogP contribution in [-0.2, 0) is 14.3 Å². The van der Waals surface area contributed by atoms with Gasteiger partial charge in [-0.05, 0) is 64.8 Å². The molecule has 8 heteroatoms. The van der Waals surface area contributed by atoms with Crippen molar-refractivity contribution in [3.8, 4) is 0 Å². The summed E-state index contributed by atoms with van der Waals surface area (Å²) < 4.78 is 5.21. The van der Waals surface area contributed by atoms with Crippen molar-refractivity contribution >= 4 is 18.0 Å². The number of hydrogen-bond donors (Lipinski definition) is 4. The minimum Gasteiger partial charge on any atom is -0.481 e. The number of carbonyl (C=O) groups excluding carboxylic acids is 1. The Morgan fingerprint density at radius 2 is 1.56 bits per heavy atom. The second-order valence-corrected chi connectivity index (χ2v) is 7.67. The van der Waals surface area contributed by atoms with Gasteiger partial charge in [0.25, 0.3) is 0 Å². The summed E-state index contributed by atoms with van der Waals surface area (Å²) in [5.74, 6) is -1.55. The monoisotopic (exact) mass is 358 g/mol. The molecule has 1 saturated carbocycles. The Morgan fingerprint density at radius 3 is 2.00 bits per heavy atom. The fourth-order valence-corrected chi connectivity index (χ4v) is 2.91. The summed E-state index contributed by atoms with van der Waals surface area (Å²) >= 11 is 0. The number of rotatable bonds is 8. The first-order valence-electron chi connectivity index (χ1n) is 8.71. The lowest BCUT2D eigenvalue weighted by atomic mass is 9.82. The Balaban J connectivity index is 2.26. The van der Waals surface area contributed by atoms with Crippen LogP contribution >= 0.6 is 0 Å². The summed E-state index contributed by atoms with van der Waals surface area (Å²) in [6, 6.07) is -1.05. The molecule has 25 heavy (non-hydrogen) atoms. The molecule has 1 amide bonds. The van der Waals surface area contributed by atoms with Crippen LogP contribution < -0.4 is 10.6 Å². The topological polar surface area (TPSA) is 125 Å². The second kappa shape index (κ2) is 9.60. The maximum Gasteiger partial charge on any atom is 0.407 e. The van der Waals surface area contributed by atoms with Crippen LogP contribution in [-0.4, -0.2) is 53.0 Å². The van der Waals surface area contributed by atoms with Gasteiger partial charge in [-0.2, -0.15) is 0 Å². The fraction of sp³-hybridized carbons (Fsp3) is 0.824. The zero-order valence-electron chi connectivity index (χ0n) is 15.2. The van der Waals surface area contributed by atoms with Gasteiger partial charge >= 0.3 is 18.0 Å². The van der Waals surface area contributed by atoms with Crippen molar-refractivity contribution in [1.29, 1.82) is 0 Å². The highest BCUT2D eigenvalue weighted by Crippen LogP contribution is 2.28. The first-order valence-corrected chi connectivity index (χ1v) is 8.71. The lowest BCUT2D eigenvalue weighted by molar-refractivity contribution is -0.146. The molecule has 1 aliphatic carbocycles. The third-order valence-corrected chi connectivity index (χ3v) is 4.23. The molecule has 0 aromatic rings. The van der Waals surface area contributed by atoms with Gasteiger partial charge in [0, 0.05) is 6.54 Å². The SMILES string of the molecule is CC(C)(C)OC(=O)NCC1CCC(CNC(CC(=O)O)C(=O)O)CC1. The first-order chi connectivity index (χ1) is 11.6. The van der Waals surface area contributed by atoms with Gasteiger partial charge in [-0.3, -0.25) is 9.59 Å². The average Bonchev–Trinajstić information content (AvgIpc) is 2.48. The first kappa shape index (κ1) is 21.2.